The number of nitrogens with one attached hydrogen (secondary N) is 1. The Bertz CT molecular complexity index is 1160. The van der Waals surface area contributed by atoms with Crippen LogP contribution in [-0.2, 0) is 11.4 Å². The molecule has 1 unspecified atom stereocenters. The van der Waals surface area contributed by atoms with Gasteiger partial charge in [-0.05, 0) is 54.6 Å². The molecule has 1 saturated heterocycles. The number of fused-ring (bicyclic) bond motifs is 1. The number of hydrogen-bond donors (Lipinski definition) is 2. The first-order valence-corrected chi connectivity index (χ1v) is 13.0. The molecule has 2 aromatic carbocycles. The van der Waals surface area contributed by atoms with Crippen molar-refractivity contribution in [1.29, 1.82) is 0 Å². The lowest BCUT2D eigenvalue weighted by molar-refractivity contribution is 0.100. The van der Waals surface area contributed by atoms with E-state index in [-0.39, 0.29) is 0 Å². The fourth-order valence-corrected chi connectivity index (χ4v) is 6.03. The van der Waals surface area contributed by atoms with E-state index >= 15 is 0 Å². The van der Waals surface area contributed by atoms with Crippen LogP contribution in [0.4, 0.5) is 0 Å². The Kier molecular flexibility index (Phi) is 7.96. The zero-order valence-electron chi connectivity index (χ0n) is 19.6. The molecule has 2 heterocycles. The Labute approximate surface area is 204 Å². The fourth-order valence-electron chi connectivity index (χ4n) is 4.77. The molecular formula is C27H32N4O2S. The molecule has 1 aromatic heterocycles. The van der Waals surface area contributed by atoms with Crippen LogP contribution in [-0.4, -0.2) is 63.6 Å². The smallest absolute Gasteiger partial charge is 0.250 e. The van der Waals surface area contributed by atoms with E-state index < -0.39 is 17.3 Å². The molecule has 1 amide bonds. The van der Waals surface area contributed by atoms with Gasteiger partial charge in [0.1, 0.15) is 5.75 Å². The summed E-state index contributed by atoms with van der Waals surface area (Å²) in [6.07, 6.45) is 10.1. The Balaban J connectivity index is 1.47. The lowest BCUT2D eigenvalue weighted by Crippen LogP contribution is -2.39. The van der Waals surface area contributed by atoms with Crippen molar-refractivity contribution in [3.63, 3.8) is 0 Å². The van der Waals surface area contributed by atoms with Gasteiger partial charge in [-0.1, -0.05) is 36.3 Å². The van der Waals surface area contributed by atoms with E-state index in [9.17, 15) is 9.35 Å². The van der Waals surface area contributed by atoms with Crippen molar-refractivity contribution in [2.45, 2.75) is 25.2 Å². The lowest BCUT2D eigenvalue weighted by Gasteiger charge is -2.32. The van der Waals surface area contributed by atoms with Crippen molar-refractivity contribution in [2.75, 3.05) is 39.0 Å². The minimum atomic E-state index is -0.968. The summed E-state index contributed by atoms with van der Waals surface area (Å²) in [7, 11) is 1.99. The summed E-state index contributed by atoms with van der Waals surface area (Å²) in [4.78, 5) is 17.6. The van der Waals surface area contributed by atoms with Crippen LogP contribution in [0.1, 0.15) is 41.1 Å². The SMILES string of the molecule is C#CCN(C)CCC[S+]([O-])N1CCC(c2c[nH]c3c(C(N)=O)cc(-c4ccccc4)cc23)CC1. The lowest BCUT2D eigenvalue weighted by atomic mass is 9.88. The molecule has 0 radical (unpaired) electrons. The van der Waals surface area contributed by atoms with Crippen molar-refractivity contribution in [1.82, 2.24) is 14.2 Å². The van der Waals surface area contributed by atoms with Gasteiger partial charge in [-0.25, -0.2) is 0 Å². The standard InChI is InChI=1S/C27H32N4O2S/c1-3-12-30(2)13-7-16-34(33)31-14-10-21(11-15-31)25-19-29-26-23(25)17-22(18-24(26)27(28)32)20-8-5-4-6-9-20/h1,4-6,8-9,17-19,21,29H,7,10-16H2,2H3,(H2,28,32). The highest BCUT2D eigenvalue weighted by Crippen LogP contribution is 2.37. The Morgan fingerprint density at radius 3 is 2.68 bits per heavy atom. The van der Waals surface area contributed by atoms with Gasteiger partial charge in [0.25, 0.3) is 5.91 Å². The molecule has 1 atom stereocenters. The molecule has 0 aliphatic carbocycles. The number of aromatic nitrogens is 1. The summed E-state index contributed by atoms with van der Waals surface area (Å²) in [5.74, 6) is 3.20. The number of nitrogens with zero attached hydrogens (tertiary/aromatic N) is 2. The van der Waals surface area contributed by atoms with Crippen molar-refractivity contribution in [3.05, 3.63) is 59.8 Å². The molecule has 1 aliphatic heterocycles. The quantitative estimate of drug-likeness (QED) is 0.364. The van der Waals surface area contributed by atoms with Gasteiger partial charge in [-0.3, -0.25) is 9.69 Å². The van der Waals surface area contributed by atoms with Gasteiger partial charge < -0.3 is 15.3 Å². The Hall–Kier alpha value is -2.76. The third kappa shape index (κ3) is 5.48. The highest BCUT2D eigenvalue weighted by molar-refractivity contribution is 7.89. The number of benzene rings is 2. The average Bonchev–Trinajstić information content (AvgIpc) is 3.28. The predicted molar refractivity (Wildman–Crippen MR) is 140 cm³/mol. The van der Waals surface area contributed by atoms with E-state index in [0.29, 0.717) is 23.8 Å². The third-order valence-corrected chi connectivity index (χ3v) is 8.17. The van der Waals surface area contributed by atoms with Crippen LogP contribution in [0.15, 0.2) is 48.7 Å². The molecule has 178 valence electrons. The number of carbonyl (C=O) groups excluding carboxylic acids is 1. The number of nitrogens with two attached hydrogens (primary N) is 1. The van der Waals surface area contributed by atoms with Crippen LogP contribution < -0.4 is 5.73 Å². The van der Waals surface area contributed by atoms with Gasteiger partial charge in [-0.2, -0.15) is 0 Å². The molecule has 34 heavy (non-hydrogen) atoms. The molecule has 4 rings (SSSR count). The Morgan fingerprint density at radius 1 is 1.26 bits per heavy atom. The summed E-state index contributed by atoms with van der Waals surface area (Å²) in [6, 6.07) is 14.1. The van der Waals surface area contributed by atoms with E-state index in [1.54, 1.807) is 0 Å². The van der Waals surface area contributed by atoms with Crippen LogP contribution in [0.5, 0.6) is 0 Å². The summed E-state index contributed by atoms with van der Waals surface area (Å²) in [6.45, 7) is 3.07. The maximum atomic E-state index is 12.8. The summed E-state index contributed by atoms with van der Waals surface area (Å²) in [5, 5.41) is 1.05. The molecule has 3 N–H and O–H groups in total. The van der Waals surface area contributed by atoms with Crippen LogP contribution in [0, 0.1) is 12.3 Å². The zero-order chi connectivity index (χ0) is 24.1. The van der Waals surface area contributed by atoms with Gasteiger partial charge >= 0.3 is 0 Å². The highest BCUT2D eigenvalue weighted by atomic mass is 32.2. The van der Waals surface area contributed by atoms with Crippen molar-refractivity contribution in [3.8, 4) is 23.5 Å². The second-order valence-electron chi connectivity index (χ2n) is 8.95. The summed E-state index contributed by atoms with van der Waals surface area (Å²) in [5.41, 5.74) is 10.3. The molecule has 1 fully saturated rings. The number of rotatable bonds is 9. The maximum absolute atomic E-state index is 12.8. The molecular weight excluding hydrogens is 444 g/mol. The van der Waals surface area contributed by atoms with Gasteiger partial charge in [0.2, 0.25) is 0 Å². The van der Waals surface area contributed by atoms with E-state index in [1.165, 1.54) is 5.56 Å². The number of amides is 1. The van der Waals surface area contributed by atoms with Crippen LogP contribution >= 0.6 is 0 Å². The first-order chi connectivity index (χ1) is 16.5. The normalized spacial score (nSPS) is 16.1. The van der Waals surface area contributed by atoms with E-state index in [1.807, 2.05) is 49.6 Å². The van der Waals surface area contributed by atoms with Gasteiger partial charge in [0.15, 0.2) is 0 Å². The van der Waals surface area contributed by atoms with Crippen molar-refractivity contribution in [2.24, 2.45) is 5.73 Å². The number of hydrogen-bond acceptors (Lipinski definition) is 4. The van der Waals surface area contributed by atoms with Crippen LogP contribution in [0.2, 0.25) is 0 Å². The highest BCUT2D eigenvalue weighted by Gasteiger charge is 2.29. The monoisotopic (exact) mass is 476 g/mol. The minimum Gasteiger partial charge on any atom is -0.598 e. The topological polar surface area (TPSA) is 88.4 Å². The largest absolute Gasteiger partial charge is 0.598 e. The number of piperidine rings is 1. The molecule has 6 nitrogen and oxygen atoms in total. The van der Waals surface area contributed by atoms with E-state index in [0.717, 1.165) is 60.9 Å². The van der Waals surface area contributed by atoms with E-state index in [2.05, 4.69) is 26.2 Å². The van der Waals surface area contributed by atoms with Gasteiger partial charge in [-0.15, -0.1) is 10.7 Å². The summed E-state index contributed by atoms with van der Waals surface area (Å²) < 4.78 is 14.9. The molecule has 7 heteroatoms. The zero-order valence-corrected chi connectivity index (χ0v) is 20.4. The molecule has 3 aromatic rings. The van der Waals surface area contributed by atoms with Crippen LogP contribution in [0.25, 0.3) is 22.0 Å². The second-order valence-corrected chi connectivity index (χ2v) is 10.5. The fraction of sp³-hybridized carbons (Fsp3) is 0.370. The number of carbonyl (C=O) groups is 1. The molecule has 0 bridgehead atoms. The molecule has 1 aliphatic rings. The third-order valence-electron chi connectivity index (χ3n) is 6.60. The van der Waals surface area contributed by atoms with Gasteiger partial charge in [0.05, 0.1) is 17.6 Å². The van der Waals surface area contributed by atoms with Gasteiger partial charge in [0, 0.05) is 49.0 Å². The predicted octanol–water partition coefficient (Wildman–Crippen LogP) is 3.73. The first-order valence-electron chi connectivity index (χ1n) is 11.7. The minimum absolute atomic E-state index is 0.343. The number of primary amides is 1. The number of H-pyrrole nitrogens is 1. The van der Waals surface area contributed by atoms with Crippen LogP contribution in [0.3, 0.4) is 0 Å². The second kappa shape index (κ2) is 11.1. The van der Waals surface area contributed by atoms with Crippen molar-refractivity contribution < 1.29 is 9.35 Å². The number of aromatic amines is 1. The maximum Gasteiger partial charge on any atom is 0.250 e. The van der Waals surface area contributed by atoms with Crippen molar-refractivity contribution >= 4 is 28.2 Å². The van der Waals surface area contributed by atoms with E-state index in [4.69, 9.17) is 12.2 Å². The number of terminal acetylenes is 1. The Morgan fingerprint density at radius 2 is 2.00 bits per heavy atom. The summed E-state index contributed by atoms with van der Waals surface area (Å²) >= 11 is -0.968. The first kappa shape index (κ1) is 24.4. The average molecular weight is 477 g/mol. The molecule has 0 spiro atoms. The molecule has 0 saturated carbocycles.